The summed E-state index contributed by atoms with van der Waals surface area (Å²) in [6, 6.07) is 29.7. The molecule has 1 amide bonds. The van der Waals surface area contributed by atoms with E-state index in [-0.39, 0.29) is 12.1 Å². The maximum Gasteiger partial charge on any atom is 0.414 e. The molecule has 4 rings (SSSR count). The monoisotopic (exact) mass is 429 g/mol. The first-order valence-electron chi connectivity index (χ1n) is 11.1. The molecule has 3 aromatic carbocycles. The lowest BCUT2D eigenvalue weighted by Crippen LogP contribution is -2.47. The van der Waals surface area contributed by atoms with Crippen LogP contribution in [-0.4, -0.2) is 61.1 Å². The summed E-state index contributed by atoms with van der Waals surface area (Å²) < 4.78 is 5.41. The van der Waals surface area contributed by atoms with Gasteiger partial charge in [-0.05, 0) is 28.8 Å². The molecule has 1 aliphatic rings. The van der Waals surface area contributed by atoms with Gasteiger partial charge in [0.05, 0.1) is 6.04 Å². The zero-order valence-electron chi connectivity index (χ0n) is 18.9. The lowest BCUT2D eigenvalue weighted by molar-refractivity contribution is 0.105. The van der Waals surface area contributed by atoms with E-state index in [0.717, 1.165) is 38.3 Å². The number of carbonyl (C=O) groups excluding carboxylic acids is 1. The van der Waals surface area contributed by atoms with E-state index in [9.17, 15) is 4.79 Å². The van der Waals surface area contributed by atoms with Crippen molar-refractivity contribution in [2.75, 3.05) is 40.3 Å². The average Bonchev–Trinajstić information content (AvgIpc) is 2.82. The Hall–Kier alpha value is -3.15. The highest BCUT2D eigenvalue weighted by molar-refractivity contribution is 5.70. The summed E-state index contributed by atoms with van der Waals surface area (Å²) in [5.41, 5.74) is 3.83. The molecule has 0 bridgehead atoms. The van der Waals surface area contributed by atoms with E-state index in [1.165, 1.54) is 16.0 Å². The summed E-state index contributed by atoms with van der Waals surface area (Å²) in [4.78, 5) is 18.3. The summed E-state index contributed by atoms with van der Waals surface area (Å²) in [7, 11) is 3.37. The van der Waals surface area contributed by atoms with Crippen LogP contribution in [0, 0.1) is 0 Å². The lowest BCUT2D eigenvalue weighted by Gasteiger charge is -2.40. The van der Waals surface area contributed by atoms with E-state index in [4.69, 9.17) is 4.74 Å². The van der Waals surface area contributed by atoms with Gasteiger partial charge in [-0.1, -0.05) is 72.8 Å². The molecule has 1 heterocycles. The highest BCUT2D eigenvalue weighted by Gasteiger charge is 2.26. The van der Waals surface area contributed by atoms with Crippen LogP contribution in [0.3, 0.4) is 0 Å². The van der Waals surface area contributed by atoms with Gasteiger partial charge in [0.15, 0.2) is 0 Å². The van der Waals surface area contributed by atoms with E-state index in [1.807, 2.05) is 18.2 Å². The minimum Gasteiger partial charge on any atom is -0.410 e. The lowest BCUT2D eigenvalue weighted by atomic mass is 9.96. The van der Waals surface area contributed by atoms with Crippen molar-refractivity contribution in [1.82, 2.24) is 14.7 Å². The zero-order chi connectivity index (χ0) is 22.3. The summed E-state index contributed by atoms with van der Waals surface area (Å²) in [6.45, 7) is 4.85. The summed E-state index contributed by atoms with van der Waals surface area (Å²) >= 11 is 0. The molecule has 0 unspecified atom stereocenters. The molecule has 0 N–H and O–H groups in total. The normalized spacial score (nSPS) is 15.0. The maximum absolute atomic E-state index is 11.8. The predicted octanol–water partition coefficient (Wildman–Crippen LogP) is 4.65. The molecule has 0 spiro atoms. The molecule has 166 valence electrons. The standard InChI is InChI=1S/C27H31N3O2/c1-28(2)27(31)32-25-15-9-10-22(20-25)21-29-16-18-30(19-17-29)26(23-11-5-3-6-12-23)24-13-7-4-8-14-24/h3-15,20,26H,16-19,21H2,1-2H3. The van der Waals surface area contributed by atoms with Gasteiger partial charge in [-0.2, -0.15) is 0 Å². The third-order valence-electron chi connectivity index (χ3n) is 5.88. The van der Waals surface area contributed by atoms with Gasteiger partial charge in [-0.3, -0.25) is 9.80 Å². The number of amides is 1. The van der Waals surface area contributed by atoms with Crippen LogP contribution in [0.1, 0.15) is 22.7 Å². The third kappa shape index (κ3) is 5.55. The smallest absolute Gasteiger partial charge is 0.410 e. The average molecular weight is 430 g/mol. The van der Waals surface area contributed by atoms with Crippen molar-refractivity contribution < 1.29 is 9.53 Å². The molecule has 3 aromatic rings. The van der Waals surface area contributed by atoms with Crippen molar-refractivity contribution in [1.29, 1.82) is 0 Å². The molecule has 1 fully saturated rings. The van der Waals surface area contributed by atoms with Crippen LogP contribution in [0.5, 0.6) is 5.75 Å². The summed E-state index contributed by atoms with van der Waals surface area (Å²) in [6.07, 6.45) is -0.358. The Kier molecular flexibility index (Phi) is 7.20. The quantitative estimate of drug-likeness (QED) is 0.571. The van der Waals surface area contributed by atoms with Crippen molar-refractivity contribution in [2.45, 2.75) is 12.6 Å². The molecule has 0 radical (unpaired) electrons. The fourth-order valence-corrected chi connectivity index (χ4v) is 4.22. The molecular formula is C27H31N3O2. The summed E-state index contributed by atoms with van der Waals surface area (Å²) in [5.74, 6) is 0.591. The SMILES string of the molecule is CN(C)C(=O)Oc1cccc(CN2CCN(C(c3ccccc3)c3ccccc3)CC2)c1. The van der Waals surface area contributed by atoms with Gasteiger partial charge >= 0.3 is 6.09 Å². The Bertz CT molecular complexity index is 960. The van der Waals surface area contributed by atoms with Crippen LogP contribution in [0.2, 0.25) is 0 Å². The Morgan fingerprint density at radius 2 is 1.44 bits per heavy atom. The largest absolute Gasteiger partial charge is 0.414 e. The minimum absolute atomic E-state index is 0.272. The number of hydrogen-bond acceptors (Lipinski definition) is 4. The van der Waals surface area contributed by atoms with Crippen LogP contribution in [0.15, 0.2) is 84.9 Å². The number of rotatable bonds is 6. The van der Waals surface area contributed by atoms with Gasteiger partial charge in [0.1, 0.15) is 5.75 Å². The van der Waals surface area contributed by atoms with Crippen LogP contribution >= 0.6 is 0 Å². The molecule has 5 nitrogen and oxygen atoms in total. The molecule has 0 atom stereocenters. The summed E-state index contributed by atoms with van der Waals surface area (Å²) in [5, 5.41) is 0. The molecular weight excluding hydrogens is 398 g/mol. The van der Waals surface area contributed by atoms with Crippen LogP contribution < -0.4 is 4.74 Å². The van der Waals surface area contributed by atoms with Gasteiger partial charge in [0.25, 0.3) is 0 Å². The van der Waals surface area contributed by atoms with E-state index in [2.05, 4.69) is 76.5 Å². The van der Waals surface area contributed by atoms with Crippen molar-refractivity contribution in [3.05, 3.63) is 102 Å². The predicted molar refractivity (Wildman–Crippen MR) is 128 cm³/mol. The van der Waals surface area contributed by atoms with Crippen LogP contribution in [-0.2, 0) is 6.54 Å². The fourth-order valence-electron chi connectivity index (χ4n) is 4.22. The Morgan fingerprint density at radius 1 is 0.844 bits per heavy atom. The van der Waals surface area contributed by atoms with E-state index < -0.39 is 0 Å². The van der Waals surface area contributed by atoms with Gasteiger partial charge < -0.3 is 9.64 Å². The van der Waals surface area contributed by atoms with Crippen LogP contribution in [0.4, 0.5) is 4.79 Å². The Balaban J connectivity index is 1.41. The first-order valence-corrected chi connectivity index (χ1v) is 11.1. The van der Waals surface area contributed by atoms with Gasteiger partial charge in [-0.15, -0.1) is 0 Å². The first kappa shape index (κ1) is 22.1. The second-order valence-corrected chi connectivity index (χ2v) is 8.45. The first-order chi connectivity index (χ1) is 15.6. The second kappa shape index (κ2) is 10.4. The number of carbonyl (C=O) groups is 1. The zero-order valence-corrected chi connectivity index (χ0v) is 18.9. The number of ether oxygens (including phenoxy) is 1. The van der Waals surface area contributed by atoms with Gasteiger partial charge in [-0.25, -0.2) is 4.79 Å². The molecule has 0 aromatic heterocycles. The van der Waals surface area contributed by atoms with Crippen molar-refractivity contribution >= 4 is 6.09 Å². The highest BCUT2D eigenvalue weighted by Crippen LogP contribution is 2.29. The number of piperazine rings is 1. The van der Waals surface area contributed by atoms with E-state index >= 15 is 0 Å². The molecule has 0 aliphatic carbocycles. The second-order valence-electron chi connectivity index (χ2n) is 8.45. The minimum atomic E-state index is -0.358. The number of nitrogens with zero attached hydrogens (tertiary/aromatic N) is 3. The molecule has 32 heavy (non-hydrogen) atoms. The van der Waals surface area contributed by atoms with Crippen LogP contribution in [0.25, 0.3) is 0 Å². The Labute approximate surface area is 190 Å². The topological polar surface area (TPSA) is 36.0 Å². The van der Waals surface area contributed by atoms with Gasteiger partial charge in [0, 0.05) is 46.8 Å². The van der Waals surface area contributed by atoms with E-state index in [1.54, 1.807) is 14.1 Å². The highest BCUT2D eigenvalue weighted by atomic mass is 16.6. The molecule has 1 aliphatic heterocycles. The number of hydrogen-bond donors (Lipinski definition) is 0. The Morgan fingerprint density at radius 3 is 2.00 bits per heavy atom. The molecule has 5 heteroatoms. The van der Waals surface area contributed by atoms with Crippen molar-refractivity contribution in [2.24, 2.45) is 0 Å². The maximum atomic E-state index is 11.8. The van der Waals surface area contributed by atoms with Crippen molar-refractivity contribution in [3.63, 3.8) is 0 Å². The van der Waals surface area contributed by atoms with E-state index in [0.29, 0.717) is 5.75 Å². The third-order valence-corrected chi connectivity index (χ3v) is 5.88. The van der Waals surface area contributed by atoms with Crippen molar-refractivity contribution in [3.8, 4) is 5.75 Å². The molecule has 0 saturated carbocycles. The molecule has 1 saturated heterocycles. The number of benzene rings is 3. The van der Waals surface area contributed by atoms with Gasteiger partial charge in [0.2, 0.25) is 0 Å². The fraction of sp³-hybridized carbons (Fsp3) is 0.296.